The Labute approximate surface area is 206 Å². The number of aromatic nitrogens is 1. The molecule has 2 aromatic rings. The number of hydrogen-bond acceptors (Lipinski definition) is 2. The maximum absolute atomic E-state index is 13.9. The second kappa shape index (κ2) is 9.64. The van der Waals surface area contributed by atoms with Crippen molar-refractivity contribution in [3.05, 3.63) is 46.6 Å². The van der Waals surface area contributed by atoms with Gasteiger partial charge < -0.3 is 14.6 Å². The number of hydrogen-bond donors (Lipinski definition) is 1. The van der Waals surface area contributed by atoms with E-state index in [4.69, 9.17) is 4.74 Å². The van der Waals surface area contributed by atoms with Gasteiger partial charge in [-0.15, -0.1) is 0 Å². The summed E-state index contributed by atoms with van der Waals surface area (Å²) < 4.78 is 48.9. The van der Waals surface area contributed by atoms with Crippen LogP contribution in [0.2, 0.25) is 0 Å². The van der Waals surface area contributed by atoms with Crippen LogP contribution in [0, 0.1) is 18.8 Å². The van der Waals surface area contributed by atoms with Crippen LogP contribution in [0.4, 0.5) is 13.2 Å². The van der Waals surface area contributed by atoms with Crippen molar-refractivity contribution >= 4 is 5.91 Å². The van der Waals surface area contributed by atoms with Crippen molar-refractivity contribution < 1.29 is 22.7 Å². The Morgan fingerprint density at radius 1 is 1.03 bits per heavy atom. The minimum atomic E-state index is -4.45. The quantitative estimate of drug-likeness (QED) is 0.505. The maximum Gasteiger partial charge on any atom is 0.416 e. The number of carbonyl (C=O) groups is 1. The fraction of sp³-hybridized carbons (Fsp3) is 0.607. The van der Waals surface area contributed by atoms with Gasteiger partial charge in [0.15, 0.2) is 0 Å². The summed E-state index contributed by atoms with van der Waals surface area (Å²) in [5.41, 5.74) is 2.01. The van der Waals surface area contributed by atoms with Crippen molar-refractivity contribution in [1.29, 1.82) is 0 Å². The average Bonchev–Trinajstić information content (AvgIpc) is 3.07. The molecule has 7 heteroatoms. The van der Waals surface area contributed by atoms with E-state index in [1.54, 1.807) is 6.07 Å². The van der Waals surface area contributed by atoms with Crippen LogP contribution in [-0.2, 0) is 22.9 Å². The predicted molar refractivity (Wildman–Crippen MR) is 132 cm³/mol. The number of carbonyl (C=O) groups excluding carboxylic acids is 1. The molecule has 4 nitrogen and oxygen atoms in total. The fourth-order valence-electron chi connectivity index (χ4n) is 5.07. The summed E-state index contributed by atoms with van der Waals surface area (Å²) in [5, 5.41) is 2.99. The summed E-state index contributed by atoms with van der Waals surface area (Å²) in [5.74, 6) is 0.955. The first-order valence-corrected chi connectivity index (χ1v) is 12.6. The lowest BCUT2D eigenvalue weighted by molar-refractivity contribution is -0.137. The molecule has 1 aromatic heterocycles. The van der Waals surface area contributed by atoms with E-state index in [0.29, 0.717) is 54.0 Å². The molecule has 1 saturated carbocycles. The minimum Gasteiger partial charge on any atom is -0.377 e. The maximum atomic E-state index is 13.9. The third-order valence-corrected chi connectivity index (χ3v) is 7.58. The third kappa shape index (κ3) is 5.76. The highest BCUT2D eigenvalue weighted by molar-refractivity contribution is 5.97. The molecule has 1 aliphatic carbocycles. The summed E-state index contributed by atoms with van der Waals surface area (Å²) in [4.78, 5) is 13.1. The molecule has 2 heterocycles. The standard InChI is InChI=1S/C28H37F3N2O2/c1-17-6-8-19(9-7-17)14-33-18(2)24(26(34)32-23-15-35-16-23)13-25(33)20-10-21(27(3,4)5)12-22(11-20)28(29,30)31/h10-13,17,19,23H,6-9,14-16H2,1-5H3,(H,32,34). The van der Waals surface area contributed by atoms with Crippen LogP contribution >= 0.6 is 0 Å². The Balaban J connectivity index is 1.80. The van der Waals surface area contributed by atoms with Gasteiger partial charge in [0.25, 0.3) is 5.91 Å². The van der Waals surface area contributed by atoms with Crippen LogP contribution in [0.1, 0.15) is 80.6 Å². The van der Waals surface area contributed by atoms with Crippen LogP contribution in [-0.4, -0.2) is 29.7 Å². The lowest BCUT2D eigenvalue weighted by Gasteiger charge is -2.28. The summed E-state index contributed by atoms with van der Waals surface area (Å²) in [6.45, 7) is 11.6. The minimum absolute atomic E-state index is 0.0189. The number of nitrogens with one attached hydrogen (secondary N) is 1. The first-order valence-electron chi connectivity index (χ1n) is 12.6. The average molecular weight is 491 g/mol. The Hall–Kier alpha value is -2.28. The SMILES string of the molecule is Cc1c(C(=O)NC2COC2)cc(-c2cc(C(C)(C)C)cc(C(F)(F)F)c2)n1CC1CCC(C)CC1. The van der Waals surface area contributed by atoms with Gasteiger partial charge in [-0.1, -0.05) is 40.5 Å². The Bertz CT molecular complexity index is 1040. The molecule has 1 amide bonds. The molecule has 35 heavy (non-hydrogen) atoms. The molecule has 1 saturated heterocycles. The molecule has 2 fully saturated rings. The lowest BCUT2D eigenvalue weighted by atomic mass is 9.83. The number of ether oxygens (including phenoxy) is 1. The molecule has 2 aliphatic rings. The van der Waals surface area contributed by atoms with Gasteiger partial charge in [-0.05, 0) is 72.4 Å². The zero-order valence-corrected chi connectivity index (χ0v) is 21.4. The molecule has 0 spiro atoms. The van der Waals surface area contributed by atoms with E-state index in [2.05, 4.69) is 16.8 Å². The largest absolute Gasteiger partial charge is 0.416 e. The van der Waals surface area contributed by atoms with Crippen LogP contribution in [0.25, 0.3) is 11.3 Å². The van der Waals surface area contributed by atoms with Gasteiger partial charge in [-0.2, -0.15) is 13.2 Å². The second-order valence-corrected chi connectivity index (χ2v) is 11.5. The van der Waals surface area contributed by atoms with Crippen LogP contribution in [0.3, 0.4) is 0 Å². The van der Waals surface area contributed by atoms with E-state index in [0.717, 1.165) is 31.4 Å². The van der Waals surface area contributed by atoms with Crippen molar-refractivity contribution in [1.82, 2.24) is 9.88 Å². The highest BCUT2D eigenvalue weighted by Crippen LogP contribution is 2.39. The summed E-state index contributed by atoms with van der Waals surface area (Å²) in [6.07, 6.45) is 0.0521. The summed E-state index contributed by atoms with van der Waals surface area (Å²) in [7, 11) is 0. The van der Waals surface area contributed by atoms with Crippen LogP contribution in [0.15, 0.2) is 24.3 Å². The molecule has 0 bridgehead atoms. The molecular weight excluding hydrogens is 453 g/mol. The molecule has 1 N–H and O–H groups in total. The van der Waals surface area contributed by atoms with E-state index in [-0.39, 0.29) is 11.9 Å². The number of rotatable bonds is 5. The van der Waals surface area contributed by atoms with Crippen molar-refractivity contribution in [2.24, 2.45) is 11.8 Å². The normalized spacial score (nSPS) is 21.6. The smallest absolute Gasteiger partial charge is 0.377 e. The zero-order chi connectivity index (χ0) is 25.5. The van der Waals surface area contributed by atoms with Crippen molar-refractivity contribution in [2.45, 2.75) is 84.5 Å². The fourth-order valence-corrected chi connectivity index (χ4v) is 5.07. The number of alkyl halides is 3. The van der Waals surface area contributed by atoms with E-state index in [9.17, 15) is 18.0 Å². The van der Waals surface area contributed by atoms with Gasteiger partial charge in [0, 0.05) is 17.9 Å². The van der Waals surface area contributed by atoms with Gasteiger partial charge in [0.2, 0.25) is 0 Å². The van der Waals surface area contributed by atoms with Crippen molar-refractivity contribution in [3.63, 3.8) is 0 Å². The van der Waals surface area contributed by atoms with Gasteiger partial charge in [0.05, 0.1) is 30.4 Å². The van der Waals surface area contributed by atoms with Crippen molar-refractivity contribution in [2.75, 3.05) is 13.2 Å². The zero-order valence-electron chi connectivity index (χ0n) is 21.4. The van der Waals surface area contributed by atoms with Crippen LogP contribution < -0.4 is 5.32 Å². The highest BCUT2D eigenvalue weighted by Gasteiger charge is 2.33. The van der Waals surface area contributed by atoms with Gasteiger partial charge in [-0.3, -0.25) is 4.79 Å². The Morgan fingerprint density at radius 2 is 1.66 bits per heavy atom. The molecule has 1 aromatic carbocycles. The van der Waals surface area contributed by atoms with Crippen molar-refractivity contribution in [3.8, 4) is 11.3 Å². The summed E-state index contributed by atoms with van der Waals surface area (Å²) in [6, 6.07) is 6.08. The monoisotopic (exact) mass is 490 g/mol. The molecule has 1 aliphatic heterocycles. The van der Waals surface area contributed by atoms with Gasteiger partial charge >= 0.3 is 6.18 Å². The lowest BCUT2D eigenvalue weighted by Crippen LogP contribution is -2.48. The molecule has 0 radical (unpaired) electrons. The molecule has 192 valence electrons. The number of nitrogens with zero attached hydrogens (tertiary/aromatic N) is 1. The topological polar surface area (TPSA) is 43.3 Å². The molecule has 4 rings (SSSR count). The second-order valence-electron chi connectivity index (χ2n) is 11.5. The molecular formula is C28H37F3N2O2. The van der Waals surface area contributed by atoms with Crippen LogP contribution in [0.5, 0.6) is 0 Å². The number of halogens is 3. The molecule has 0 unspecified atom stereocenters. The number of amides is 1. The summed E-state index contributed by atoms with van der Waals surface area (Å²) >= 11 is 0. The first kappa shape index (κ1) is 25.8. The highest BCUT2D eigenvalue weighted by atomic mass is 19.4. The van der Waals surface area contributed by atoms with E-state index < -0.39 is 17.2 Å². The van der Waals surface area contributed by atoms with E-state index in [1.807, 2.05) is 33.8 Å². The predicted octanol–water partition coefficient (Wildman–Crippen LogP) is 6.73. The van der Waals surface area contributed by atoms with E-state index >= 15 is 0 Å². The third-order valence-electron chi connectivity index (χ3n) is 7.58. The first-order chi connectivity index (χ1) is 16.3. The van der Waals surface area contributed by atoms with Gasteiger partial charge in [-0.25, -0.2) is 0 Å². The van der Waals surface area contributed by atoms with E-state index in [1.165, 1.54) is 12.1 Å². The Morgan fingerprint density at radius 3 is 2.20 bits per heavy atom. The Kier molecular flexibility index (Phi) is 7.11. The number of benzene rings is 1. The van der Waals surface area contributed by atoms with Gasteiger partial charge in [0.1, 0.15) is 0 Å². The molecule has 0 atom stereocenters.